The Bertz CT molecular complexity index is 305. The number of hydrogen-bond donors (Lipinski definition) is 2. The smallest absolute Gasteiger partial charge is 0.142 e. The van der Waals surface area contributed by atoms with Crippen molar-refractivity contribution < 1.29 is 9.84 Å². The van der Waals surface area contributed by atoms with Crippen LogP contribution in [0.3, 0.4) is 0 Å². The maximum absolute atomic E-state index is 8.62. The molecule has 1 aromatic rings. The van der Waals surface area contributed by atoms with Gasteiger partial charge in [0.05, 0.1) is 11.6 Å². The number of hydrogen-bond acceptors (Lipinski definition) is 3. The zero-order valence-corrected chi connectivity index (χ0v) is 9.33. The van der Waals surface area contributed by atoms with Crippen molar-refractivity contribution in [3.8, 4) is 5.75 Å². The summed E-state index contributed by atoms with van der Waals surface area (Å²) < 4.78 is 5.54. The number of benzene rings is 1. The predicted octanol–water partition coefficient (Wildman–Crippen LogP) is 1.95. The summed E-state index contributed by atoms with van der Waals surface area (Å²) in [5.74, 6) is 0.666. The number of halogens is 1. The first-order chi connectivity index (χ1) is 7.29. The summed E-state index contributed by atoms with van der Waals surface area (Å²) in [6, 6.07) is 5.53. The second-order valence-corrected chi connectivity index (χ2v) is 3.62. The Balaban J connectivity index is 2.58. The third-order valence-corrected chi connectivity index (χ3v) is 2.36. The molecule has 0 atom stereocenters. The summed E-state index contributed by atoms with van der Waals surface area (Å²) in [5, 5.41) is 9.20. The van der Waals surface area contributed by atoms with Crippen LogP contribution in [0, 0.1) is 0 Å². The highest BCUT2D eigenvalue weighted by Gasteiger charge is 2.06. The lowest BCUT2D eigenvalue weighted by Crippen LogP contribution is -2.04. The van der Waals surface area contributed by atoms with Crippen LogP contribution < -0.4 is 10.5 Å². The van der Waals surface area contributed by atoms with Gasteiger partial charge in [0.25, 0.3) is 0 Å². The Morgan fingerprint density at radius 3 is 2.80 bits per heavy atom. The molecular formula is C11H16ClNO2. The molecule has 1 rings (SSSR count). The quantitative estimate of drug-likeness (QED) is 0.734. The molecule has 3 N–H and O–H groups in total. The SMILES string of the molecule is NCc1cccc(Cl)c1OCCCCO. The Morgan fingerprint density at radius 1 is 1.33 bits per heavy atom. The van der Waals surface area contributed by atoms with Crippen LogP contribution in [-0.4, -0.2) is 18.3 Å². The number of nitrogens with two attached hydrogens (primary N) is 1. The highest BCUT2D eigenvalue weighted by atomic mass is 35.5. The molecule has 0 saturated carbocycles. The van der Waals surface area contributed by atoms with Gasteiger partial charge in [-0.05, 0) is 18.9 Å². The van der Waals surface area contributed by atoms with Crippen molar-refractivity contribution >= 4 is 11.6 Å². The molecule has 0 amide bonds. The van der Waals surface area contributed by atoms with Gasteiger partial charge in [0.15, 0.2) is 0 Å². The van der Waals surface area contributed by atoms with Crippen molar-refractivity contribution in [1.82, 2.24) is 0 Å². The molecule has 84 valence electrons. The largest absolute Gasteiger partial charge is 0.492 e. The topological polar surface area (TPSA) is 55.5 Å². The van der Waals surface area contributed by atoms with Gasteiger partial charge in [-0.2, -0.15) is 0 Å². The van der Waals surface area contributed by atoms with Crippen LogP contribution >= 0.6 is 11.6 Å². The molecule has 0 spiro atoms. The molecule has 0 aliphatic carbocycles. The van der Waals surface area contributed by atoms with Crippen molar-refractivity contribution in [2.24, 2.45) is 5.73 Å². The van der Waals surface area contributed by atoms with Gasteiger partial charge < -0.3 is 15.6 Å². The summed E-state index contributed by atoms with van der Waals surface area (Å²) in [7, 11) is 0. The van der Waals surface area contributed by atoms with Crippen molar-refractivity contribution in [2.75, 3.05) is 13.2 Å². The maximum Gasteiger partial charge on any atom is 0.142 e. The summed E-state index contributed by atoms with van der Waals surface area (Å²) in [5.41, 5.74) is 6.48. The van der Waals surface area contributed by atoms with E-state index in [0.717, 1.165) is 18.4 Å². The van der Waals surface area contributed by atoms with Crippen LogP contribution in [0.15, 0.2) is 18.2 Å². The first-order valence-electron chi connectivity index (χ1n) is 5.00. The fourth-order valence-electron chi connectivity index (χ4n) is 1.26. The van der Waals surface area contributed by atoms with E-state index in [2.05, 4.69) is 0 Å². The average molecular weight is 230 g/mol. The van der Waals surface area contributed by atoms with Gasteiger partial charge in [0.1, 0.15) is 5.75 Å². The fraction of sp³-hybridized carbons (Fsp3) is 0.455. The predicted molar refractivity (Wildman–Crippen MR) is 61.2 cm³/mol. The molecule has 0 aliphatic rings. The normalized spacial score (nSPS) is 10.3. The molecule has 3 nitrogen and oxygen atoms in total. The molecule has 0 bridgehead atoms. The second-order valence-electron chi connectivity index (χ2n) is 3.21. The Labute approximate surface area is 94.8 Å². The minimum atomic E-state index is 0.190. The average Bonchev–Trinajstić information content (AvgIpc) is 2.26. The van der Waals surface area contributed by atoms with E-state index in [1.54, 1.807) is 6.07 Å². The summed E-state index contributed by atoms with van der Waals surface area (Å²) in [6.45, 7) is 1.16. The van der Waals surface area contributed by atoms with E-state index in [-0.39, 0.29) is 6.61 Å². The molecule has 0 radical (unpaired) electrons. The lowest BCUT2D eigenvalue weighted by molar-refractivity contribution is 0.252. The number of ether oxygens (including phenoxy) is 1. The van der Waals surface area contributed by atoms with Gasteiger partial charge in [-0.1, -0.05) is 23.7 Å². The van der Waals surface area contributed by atoms with Crippen LogP contribution in [0.2, 0.25) is 5.02 Å². The fourth-order valence-corrected chi connectivity index (χ4v) is 1.51. The van der Waals surface area contributed by atoms with E-state index in [0.29, 0.717) is 23.9 Å². The minimum Gasteiger partial charge on any atom is -0.492 e. The number of para-hydroxylation sites is 1. The van der Waals surface area contributed by atoms with Crippen LogP contribution in [0.1, 0.15) is 18.4 Å². The van der Waals surface area contributed by atoms with E-state index in [1.165, 1.54) is 0 Å². The molecule has 0 aliphatic heterocycles. The lowest BCUT2D eigenvalue weighted by Gasteiger charge is -2.11. The van der Waals surface area contributed by atoms with Gasteiger partial charge in [-0.15, -0.1) is 0 Å². The summed E-state index contributed by atoms with van der Waals surface area (Å²) >= 11 is 5.99. The number of rotatable bonds is 6. The zero-order valence-electron chi connectivity index (χ0n) is 8.58. The molecule has 0 unspecified atom stereocenters. The molecule has 0 fully saturated rings. The van der Waals surface area contributed by atoms with Crippen molar-refractivity contribution in [3.63, 3.8) is 0 Å². The highest BCUT2D eigenvalue weighted by molar-refractivity contribution is 6.32. The van der Waals surface area contributed by atoms with Gasteiger partial charge in [0, 0.05) is 18.7 Å². The first kappa shape index (κ1) is 12.3. The van der Waals surface area contributed by atoms with Crippen LogP contribution in [0.25, 0.3) is 0 Å². The standard InChI is InChI=1S/C11H16ClNO2/c12-10-5-3-4-9(8-13)11(10)15-7-2-1-6-14/h3-5,14H,1-2,6-8,13H2. The Hall–Kier alpha value is -0.770. The van der Waals surface area contributed by atoms with E-state index in [1.807, 2.05) is 12.1 Å². The molecular weight excluding hydrogens is 214 g/mol. The third-order valence-electron chi connectivity index (χ3n) is 2.07. The van der Waals surface area contributed by atoms with Gasteiger partial charge in [0.2, 0.25) is 0 Å². The Morgan fingerprint density at radius 2 is 2.13 bits per heavy atom. The molecule has 15 heavy (non-hydrogen) atoms. The minimum absolute atomic E-state index is 0.190. The van der Waals surface area contributed by atoms with Crippen LogP contribution in [0.4, 0.5) is 0 Å². The van der Waals surface area contributed by atoms with E-state index >= 15 is 0 Å². The van der Waals surface area contributed by atoms with E-state index in [9.17, 15) is 0 Å². The van der Waals surface area contributed by atoms with Gasteiger partial charge >= 0.3 is 0 Å². The first-order valence-corrected chi connectivity index (χ1v) is 5.38. The van der Waals surface area contributed by atoms with Gasteiger partial charge in [-0.25, -0.2) is 0 Å². The molecule has 0 heterocycles. The zero-order chi connectivity index (χ0) is 11.1. The van der Waals surface area contributed by atoms with Crippen molar-refractivity contribution in [2.45, 2.75) is 19.4 Å². The third kappa shape index (κ3) is 3.70. The molecule has 0 aromatic heterocycles. The van der Waals surface area contributed by atoms with E-state index in [4.69, 9.17) is 27.2 Å². The van der Waals surface area contributed by atoms with Crippen LogP contribution in [0.5, 0.6) is 5.75 Å². The highest BCUT2D eigenvalue weighted by Crippen LogP contribution is 2.28. The Kier molecular flexibility index (Phi) is 5.47. The number of aliphatic hydroxyl groups is 1. The summed E-state index contributed by atoms with van der Waals surface area (Å²) in [6.07, 6.45) is 1.55. The molecule has 4 heteroatoms. The second kappa shape index (κ2) is 6.67. The van der Waals surface area contributed by atoms with E-state index < -0.39 is 0 Å². The van der Waals surface area contributed by atoms with Gasteiger partial charge in [-0.3, -0.25) is 0 Å². The number of aliphatic hydroxyl groups excluding tert-OH is 1. The molecule has 1 aromatic carbocycles. The van der Waals surface area contributed by atoms with Crippen molar-refractivity contribution in [1.29, 1.82) is 0 Å². The maximum atomic E-state index is 8.62. The molecule has 0 saturated heterocycles. The van der Waals surface area contributed by atoms with Crippen LogP contribution in [-0.2, 0) is 6.54 Å². The lowest BCUT2D eigenvalue weighted by atomic mass is 10.2. The monoisotopic (exact) mass is 229 g/mol. The van der Waals surface area contributed by atoms with Crippen molar-refractivity contribution in [3.05, 3.63) is 28.8 Å². The number of unbranched alkanes of at least 4 members (excludes halogenated alkanes) is 1. The summed E-state index contributed by atoms with van der Waals surface area (Å²) in [4.78, 5) is 0.